The minimum absolute atomic E-state index is 0.0151. The minimum Gasteiger partial charge on any atom is -0.465 e. The lowest BCUT2D eigenvalue weighted by molar-refractivity contribution is 0.0779. The van der Waals surface area contributed by atoms with Crippen LogP contribution in [0.5, 0.6) is 0 Å². The number of carboxylic acid groups (broad SMARTS) is 1. The van der Waals surface area contributed by atoms with Crippen LogP contribution in [0.15, 0.2) is 36.4 Å². The van der Waals surface area contributed by atoms with Gasteiger partial charge in [0, 0.05) is 31.1 Å². The maximum absolute atomic E-state index is 14.9. The van der Waals surface area contributed by atoms with Crippen LogP contribution < -0.4 is 0 Å². The van der Waals surface area contributed by atoms with Crippen molar-refractivity contribution < 1.29 is 19.1 Å². The number of amides is 2. The molecule has 2 aromatic rings. The van der Waals surface area contributed by atoms with Gasteiger partial charge >= 0.3 is 6.09 Å². The summed E-state index contributed by atoms with van der Waals surface area (Å²) >= 11 is 0. The van der Waals surface area contributed by atoms with E-state index in [1.165, 1.54) is 6.07 Å². The van der Waals surface area contributed by atoms with Crippen LogP contribution in [0.25, 0.3) is 11.1 Å². The number of benzene rings is 2. The Hall–Kier alpha value is -3.40. The first-order valence-corrected chi connectivity index (χ1v) is 10.1. The molecule has 0 fully saturated rings. The summed E-state index contributed by atoms with van der Waals surface area (Å²) in [7, 11) is 1.77. The number of nitrogens with zero attached hydrogens (tertiary/aromatic N) is 3. The van der Waals surface area contributed by atoms with Crippen molar-refractivity contribution in [3.8, 4) is 17.2 Å². The van der Waals surface area contributed by atoms with Gasteiger partial charge in [-0.05, 0) is 61.6 Å². The number of hydrogen-bond donors (Lipinski definition) is 1. The van der Waals surface area contributed by atoms with E-state index in [0.717, 1.165) is 22.4 Å². The van der Waals surface area contributed by atoms with E-state index in [1.54, 1.807) is 57.0 Å². The van der Waals surface area contributed by atoms with Crippen LogP contribution in [0.1, 0.15) is 42.3 Å². The molecule has 6 nitrogen and oxygen atoms in total. The van der Waals surface area contributed by atoms with Gasteiger partial charge in [0.25, 0.3) is 5.91 Å². The van der Waals surface area contributed by atoms with Crippen LogP contribution in [0.3, 0.4) is 0 Å². The Balaban J connectivity index is 1.88. The predicted octanol–water partition coefficient (Wildman–Crippen LogP) is 4.33. The van der Waals surface area contributed by atoms with Crippen LogP contribution in [-0.4, -0.2) is 52.1 Å². The highest BCUT2D eigenvalue weighted by Gasteiger charge is 2.34. The first-order valence-electron chi connectivity index (χ1n) is 10.1. The molecule has 2 amide bonds. The standard InChI is InChI=1S/C24H26FN3O3/c1-24(2,3)28(23(30)31)19(14-26)12-18-6-5-16(13-21(18)25)15-7-8-20-17(11-15)9-10-27(4)22(20)29/h5-8,11,13,19H,9-10,12H2,1-4H3,(H,30,31). The van der Waals surface area contributed by atoms with Gasteiger partial charge in [-0.1, -0.05) is 24.3 Å². The quantitative estimate of drug-likeness (QED) is 0.793. The molecular weight excluding hydrogens is 397 g/mol. The Labute approximate surface area is 181 Å². The second-order valence-corrected chi connectivity index (χ2v) is 8.83. The van der Waals surface area contributed by atoms with Crippen molar-refractivity contribution in [2.24, 2.45) is 0 Å². The largest absolute Gasteiger partial charge is 0.465 e. The molecule has 7 heteroatoms. The molecule has 0 bridgehead atoms. The summed E-state index contributed by atoms with van der Waals surface area (Å²) in [5.41, 5.74) is 2.56. The third kappa shape index (κ3) is 4.53. The van der Waals surface area contributed by atoms with E-state index in [4.69, 9.17) is 0 Å². The smallest absolute Gasteiger partial charge is 0.408 e. The van der Waals surface area contributed by atoms with E-state index < -0.39 is 23.5 Å². The van der Waals surface area contributed by atoms with E-state index in [1.807, 2.05) is 12.1 Å². The number of hydrogen-bond acceptors (Lipinski definition) is 3. The molecule has 0 spiro atoms. The second kappa shape index (κ2) is 8.38. The average Bonchev–Trinajstić information content (AvgIpc) is 2.70. The molecular formula is C24H26FN3O3. The summed E-state index contributed by atoms with van der Waals surface area (Å²) in [4.78, 5) is 26.7. The summed E-state index contributed by atoms with van der Waals surface area (Å²) in [5, 5.41) is 19.1. The van der Waals surface area contributed by atoms with Crippen molar-refractivity contribution in [3.63, 3.8) is 0 Å². The lowest BCUT2D eigenvalue weighted by atomic mass is 9.93. The molecule has 1 atom stereocenters. The lowest BCUT2D eigenvalue weighted by Gasteiger charge is -2.36. The Morgan fingerprint density at radius 3 is 2.48 bits per heavy atom. The highest BCUT2D eigenvalue weighted by Crippen LogP contribution is 2.28. The van der Waals surface area contributed by atoms with Crippen LogP contribution in [0.4, 0.5) is 9.18 Å². The third-order valence-corrected chi connectivity index (χ3v) is 5.59. The summed E-state index contributed by atoms with van der Waals surface area (Å²) in [5.74, 6) is -0.510. The van der Waals surface area contributed by atoms with E-state index in [0.29, 0.717) is 17.7 Å². The Morgan fingerprint density at radius 1 is 1.26 bits per heavy atom. The van der Waals surface area contributed by atoms with Gasteiger partial charge in [-0.3, -0.25) is 9.69 Å². The zero-order chi connectivity index (χ0) is 22.9. The summed E-state index contributed by atoms with van der Waals surface area (Å²) in [6.45, 7) is 5.74. The molecule has 31 heavy (non-hydrogen) atoms. The van der Waals surface area contributed by atoms with Gasteiger partial charge in [-0.25, -0.2) is 9.18 Å². The number of fused-ring (bicyclic) bond motifs is 1. The Morgan fingerprint density at radius 2 is 1.90 bits per heavy atom. The van der Waals surface area contributed by atoms with Gasteiger partial charge in [-0.15, -0.1) is 0 Å². The van der Waals surface area contributed by atoms with Crippen molar-refractivity contribution in [2.45, 2.75) is 45.2 Å². The summed E-state index contributed by atoms with van der Waals surface area (Å²) in [6, 6.07) is 11.2. The fourth-order valence-electron chi connectivity index (χ4n) is 3.97. The van der Waals surface area contributed by atoms with E-state index in [2.05, 4.69) is 0 Å². The SMILES string of the molecule is CN1CCc2cc(-c3ccc(CC(C#N)N(C(=O)O)C(C)(C)C)c(F)c3)ccc2C1=O. The average molecular weight is 423 g/mol. The van der Waals surface area contributed by atoms with Gasteiger partial charge in [0.15, 0.2) is 0 Å². The highest BCUT2D eigenvalue weighted by atomic mass is 19.1. The van der Waals surface area contributed by atoms with Crippen molar-refractivity contribution >= 4 is 12.0 Å². The minimum atomic E-state index is -1.22. The highest BCUT2D eigenvalue weighted by molar-refractivity contribution is 5.97. The normalized spacial score (nSPS) is 14.6. The zero-order valence-corrected chi connectivity index (χ0v) is 18.1. The first-order chi connectivity index (χ1) is 14.5. The molecule has 0 saturated heterocycles. The monoisotopic (exact) mass is 423 g/mol. The molecule has 0 aliphatic carbocycles. The first kappa shape index (κ1) is 22.3. The number of rotatable bonds is 4. The molecule has 0 radical (unpaired) electrons. The Bertz CT molecular complexity index is 1070. The number of likely N-dealkylation sites (N-methyl/N-ethyl adjacent to an activating group) is 1. The summed E-state index contributed by atoms with van der Waals surface area (Å²) < 4.78 is 14.9. The van der Waals surface area contributed by atoms with Gasteiger partial charge in [0.1, 0.15) is 11.9 Å². The molecule has 1 aliphatic heterocycles. The fraction of sp³-hybridized carbons (Fsp3) is 0.375. The maximum Gasteiger partial charge on any atom is 0.408 e. The molecule has 2 aromatic carbocycles. The second-order valence-electron chi connectivity index (χ2n) is 8.83. The molecule has 1 N–H and O–H groups in total. The maximum atomic E-state index is 14.9. The third-order valence-electron chi connectivity index (χ3n) is 5.59. The molecule has 3 rings (SSSR count). The van der Waals surface area contributed by atoms with Crippen molar-refractivity contribution in [1.29, 1.82) is 5.26 Å². The molecule has 1 aliphatic rings. The number of carbonyl (C=O) groups excluding carboxylic acids is 1. The van der Waals surface area contributed by atoms with Crippen LogP contribution in [0.2, 0.25) is 0 Å². The molecule has 1 unspecified atom stereocenters. The van der Waals surface area contributed by atoms with Crippen LogP contribution in [-0.2, 0) is 12.8 Å². The van der Waals surface area contributed by atoms with Crippen molar-refractivity contribution in [3.05, 3.63) is 58.9 Å². The topological polar surface area (TPSA) is 84.6 Å². The van der Waals surface area contributed by atoms with Gasteiger partial charge < -0.3 is 10.0 Å². The summed E-state index contributed by atoms with van der Waals surface area (Å²) in [6.07, 6.45) is -0.518. The van der Waals surface area contributed by atoms with E-state index in [-0.39, 0.29) is 17.9 Å². The van der Waals surface area contributed by atoms with Crippen LogP contribution in [0, 0.1) is 17.1 Å². The van der Waals surface area contributed by atoms with E-state index >= 15 is 0 Å². The van der Waals surface area contributed by atoms with Gasteiger partial charge in [-0.2, -0.15) is 5.26 Å². The van der Waals surface area contributed by atoms with E-state index in [9.17, 15) is 24.3 Å². The van der Waals surface area contributed by atoms with Crippen LogP contribution >= 0.6 is 0 Å². The lowest BCUT2D eigenvalue weighted by Crippen LogP contribution is -2.51. The molecule has 1 heterocycles. The van der Waals surface area contributed by atoms with Crippen molar-refractivity contribution in [2.75, 3.05) is 13.6 Å². The Kier molecular flexibility index (Phi) is 6.03. The predicted molar refractivity (Wildman–Crippen MR) is 115 cm³/mol. The zero-order valence-electron chi connectivity index (χ0n) is 18.1. The molecule has 0 aromatic heterocycles. The fourth-order valence-corrected chi connectivity index (χ4v) is 3.97. The van der Waals surface area contributed by atoms with Crippen molar-refractivity contribution in [1.82, 2.24) is 9.80 Å². The molecule has 0 saturated carbocycles. The number of nitriles is 1. The van der Waals surface area contributed by atoms with Gasteiger partial charge in [0.05, 0.1) is 6.07 Å². The van der Waals surface area contributed by atoms with Gasteiger partial charge in [0.2, 0.25) is 0 Å². The number of halogens is 1. The molecule has 162 valence electrons. The number of carbonyl (C=O) groups is 2.